The molecule has 0 spiro atoms. The summed E-state index contributed by atoms with van der Waals surface area (Å²) in [5.74, 6) is -0.515. The molecule has 1 aromatic carbocycles. The van der Waals surface area contributed by atoms with Crippen LogP contribution in [-0.4, -0.2) is 29.1 Å². The molecule has 25 heavy (non-hydrogen) atoms. The van der Waals surface area contributed by atoms with E-state index in [1.165, 1.54) is 6.92 Å². The molecule has 1 aromatic rings. The topological polar surface area (TPSA) is 78.4 Å². The Labute approximate surface area is 150 Å². The van der Waals surface area contributed by atoms with Crippen molar-refractivity contribution < 1.29 is 14.7 Å². The van der Waals surface area contributed by atoms with E-state index in [9.17, 15) is 14.7 Å². The second kappa shape index (κ2) is 7.56. The Morgan fingerprint density at radius 1 is 1.20 bits per heavy atom. The van der Waals surface area contributed by atoms with Gasteiger partial charge in [-0.15, -0.1) is 0 Å². The molecule has 3 unspecified atom stereocenters. The average Bonchev–Trinajstić information content (AvgIpc) is 3.33. The molecule has 0 aliphatic heterocycles. The zero-order chi connectivity index (χ0) is 18.8. The fourth-order valence-corrected chi connectivity index (χ4v) is 2.90. The normalized spacial score (nSPS) is 18.2. The highest BCUT2D eigenvalue weighted by Gasteiger charge is 2.36. The van der Waals surface area contributed by atoms with E-state index < -0.39 is 12.1 Å². The van der Waals surface area contributed by atoms with Crippen LogP contribution in [0.5, 0.6) is 0 Å². The molecule has 3 atom stereocenters. The lowest BCUT2D eigenvalue weighted by atomic mass is 9.81. The highest BCUT2D eigenvalue weighted by molar-refractivity contribution is 5.90. The number of benzene rings is 1. The van der Waals surface area contributed by atoms with Crippen molar-refractivity contribution in [1.29, 1.82) is 0 Å². The molecule has 0 bridgehead atoms. The van der Waals surface area contributed by atoms with Crippen LogP contribution in [0.3, 0.4) is 0 Å². The fraction of sp³-hybridized carbons (Fsp3) is 0.600. The summed E-state index contributed by atoms with van der Waals surface area (Å²) in [5.41, 5.74) is 1.92. The maximum absolute atomic E-state index is 12.8. The number of amides is 2. The van der Waals surface area contributed by atoms with Crippen LogP contribution in [0.1, 0.15) is 57.7 Å². The van der Waals surface area contributed by atoms with Crippen molar-refractivity contribution >= 4 is 11.8 Å². The number of aryl methyl sites for hydroxylation is 1. The lowest BCUT2D eigenvalue weighted by molar-refractivity contribution is -0.133. The Kier molecular flexibility index (Phi) is 5.88. The minimum Gasteiger partial charge on any atom is -0.391 e. The van der Waals surface area contributed by atoms with Crippen LogP contribution in [0.2, 0.25) is 0 Å². The summed E-state index contributed by atoms with van der Waals surface area (Å²) in [6.45, 7) is 9.71. The van der Waals surface area contributed by atoms with E-state index in [0.29, 0.717) is 0 Å². The maximum Gasteiger partial charge on any atom is 0.245 e. The number of carbonyl (C=O) groups excluding carboxylic acids is 2. The summed E-state index contributed by atoms with van der Waals surface area (Å²) in [7, 11) is 0. The highest BCUT2D eigenvalue weighted by atomic mass is 16.3. The predicted molar refractivity (Wildman–Crippen MR) is 97.9 cm³/mol. The number of nitrogens with one attached hydrogen (secondary N) is 2. The molecule has 1 aliphatic rings. The first-order valence-corrected chi connectivity index (χ1v) is 8.95. The van der Waals surface area contributed by atoms with Crippen LogP contribution in [0.25, 0.3) is 0 Å². The molecule has 2 amide bonds. The van der Waals surface area contributed by atoms with Gasteiger partial charge in [-0.1, -0.05) is 50.6 Å². The van der Waals surface area contributed by atoms with E-state index in [1.54, 1.807) is 0 Å². The van der Waals surface area contributed by atoms with Gasteiger partial charge in [-0.25, -0.2) is 0 Å². The number of carbonyl (C=O) groups is 2. The van der Waals surface area contributed by atoms with Gasteiger partial charge in [0.1, 0.15) is 6.04 Å². The van der Waals surface area contributed by atoms with Crippen LogP contribution in [0.4, 0.5) is 0 Å². The molecule has 2 rings (SSSR count). The first-order chi connectivity index (χ1) is 11.6. The second-order valence-electron chi connectivity index (χ2n) is 8.22. The van der Waals surface area contributed by atoms with Gasteiger partial charge in [-0.2, -0.15) is 0 Å². The summed E-state index contributed by atoms with van der Waals surface area (Å²) in [6, 6.07) is 6.86. The van der Waals surface area contributed by atoms with E-state index in [4.69, 9.17) is 0 Å². The SMILES string of the molecule is Cc1cccc(C(NC(=O)C(NC(=O)C2CC2)C(C)O)C(C)(C)C)c1. The maximum atomic E-state index is 12.8. The largest absolute Gasteiger partial charge is 0.391 e. The van der Waals surface area contributed by atoms with Gasteiger partial charge in [0.15, 0.2) is 0 Å². The zero-order valence-corrected chi connectivity index (χ0v) is 15.8. The van der Waals surface area contributed by atoms with Crippen molar-refractivity contribution in [2.45, 2.75) is 65.6 Å². The molecular formula is C20H30N2O3. The van der Waals surface area contributed by atoms with E-state index in [2.05, 4.69) is 37.5 Å². The molecule has 5 nitrogen and oxygen atoms in total. The van der Waals surface area contributed by atoms with Crippen LogP contribution in [-0.2, 0) is 9.59 Å². The highest BCUT2D eigenvalue weighted by Crippen LogP contribution is 2.33. The molecule has 0 aromatic heterocycles. The van der Waals surface area contributed by atoms with E-state index in [-0.39, 0.29) is 29.2 Å². The molecule has 3 N–H and O–H groups in total. The summed E-state index contributed by atoms with van der Waals surface area (Å²) in [4.78, 5) is 24.8. The molecular weight excluding hydrogens is 316 g/mol. The number of hydrogen-bond acceptors (Lipinski definition) is 3. The summed E-state index contributed by atoms with van der Waals surface area (Å²) in [6.07, 6.45) is 0.753. The molecule has 0 saturated heterocycles. The third kappa shape index (κ3) is 5.30. The molecule has 0 heterocycles. The van der Waals surface area contributed by atoms with Crippen molar-refractivity contribution in [2.75, 3.05) is 0 Å². The molecule has 1 fully saturated rings. The van der Waals surface area contributed by atoms with Crippen LogP contribution in [0, 0.1) is 18.3 Å². The van der Waals surface area contributed by atoms with Gasteiger partial charge in [0.25, 0.3) is 0 Å². The summed E-state index contributed by atoms with van der Waals surface area (Å²) in [5, 5.41) is 15.7. The number of rotatable bonds is 6. The monoisotopic (exact) mass is 346 g/mol. The van der Waals surface area contributed by atoms with Crippen molar-refractivity contribution in [2.24, 2.45) is 11.3 Å². The third-order valence-corrected chi connectivity index (χ3v) is 4.54. The summed E-state index contributed by atoms with van der Waals surface area (Å²) >= 11 is 0. The Hall–Kier alpha value is -1.88. The van der Waals surface area contributed by atoms with Gasteiger partial charge in [0.2, 0.25) is 11.8 Å². The Bertz CT molecular complexity index is 630. The smallest absolute Gasteiger partial charge is 0.245 e. The Morgan fingerprint density at radius 3 is 2.32 bits per heavy atom. The van der Waals surface area contributed by atoms with Gasteiger partial charge in [-0.05, 0) is 37.7 Å². The average molecular weight is 346 g/mol. The minimum atomic E-state index is -0.958. The van der Waals surface area contributed by atoms with Gasteiger partial charge in [0, 0.05) is 5.92 Å². The van der Waals surface area contributed by atoms with Crippen molar-refractivity contribution in [3.63, 3.8) is 0 Å². The van der Waals surface area contributed by atoms with Crippen LogP contribution in [0.15, 0.2) is 24.3 Å². The molecule has 1 aliphatic carbocycles. The number of hydrogen-bond donors (Lipinski definition) is 3. The standard InChI is InChI=1S/C20H30N2O3/c1-12-7-6-8-15(11-12)17(20(3,4)5)22-19(25)16(13(2)23)21-18(24)14-9-10-14/h6-8,11,13-14,16-17,23H,9-10H2,1-5H3,(H,21,24)(H,22,25). The van der Waals surface area contributed by atoms with Crippen molar-refractivity contribution in [3.8, 4) is 0 Å². The Morgan fingerprint density at radius 2 is 1.84 bits per heavy atom. The molecule has 1 saturated carbocycles. The van der Waals surface area contributed by atoms with Crippen molar-refractivity contribution in [3.05, 3.63) is 35.4 Å². The summed E-state index contributed by atoms with van der Waals surface area (Å²) < 4.78 is 0. The predicted octanol–water partition coefficient (Wildman–Crippen LogP) is 2.47. The Balaban J connectivity index is 2.17. The first-order valence-electron chi connectivity index (χ1n) is 8.95. The van der Waals surface area contributed by atoms with E-state index in [0.717, 1.165) is 24.0 Å². The molecule has 5 heteroatoms. The quantitative estimate of drug-likeness (QED) is 0.740. The van der Waals surface area contributed by atoms with E-state index >= 15 is 0 Å². The van der Waals surface area contributed by atoms with Gasteiger partial charge in [-0.3, -0.25) is 9.59 Å². The minimum absolute atomic E-state index is 0.00997. The number of aliphatic hydroxyl groups is 1. The lowest BCUT2D eigenvalue weighted by Gasteiger charge is -2.34. The van der Waals surface area contributed by atoms with Crippen LogP contribution >= 0.6 is 0 Å². The van der Waals surface area contributed by atoms with Crippen molar-refractivity contribution in [1.82, 2.24) is 10.6 Å². The third-order valence-electron chi connectivity index (χ3n) is 4.54. The van der Waals surface area contributed by atoms with Crippen LogP contribution < -0.4 is 10.6 Å². The first kappa shape index (κ1) is 19.4. The zero-order valence-electron chi connectivity index (χ0n) is 15.8. The second-order valence-corrected chi connectivity index (χ2v) is 8.22. The molecule has 0 radical (unpaired) electrons. The lowest BCUT2D eigenvalue weighted by Crippen LogP contribution is -2.54. The molecule has 138 valence electrons. The fourth-order valence-electron chi connectivity index (χ4n) is 2.90. The van der Waals surface area contributed by atoms with Gasteiger partial charge >= 0.3 is 0 Å². The van der Waals surface area contributed by atoms with Gasteiger partial charge < -0.3 is 15.7 Å². The van der Waals surface area contributed by atoms with Gasteiger partial charge in [0.05, 0.1) is 12.1 Å². The number of aliphatic hydroxyl groups excluding tert-OH is 1. The van der Waals surface area contributed by atoms with E-state index in [1.807, 2.05) is 25.1 Å².